The van der Waals surface area contributed by atoms with Gasteiger partial charge in [0.05, 0.1) is 6.54 Å². The first-order valence-corrected chi connectivity index (χ1v) is 10.5. The van der Waals surface area contributed by atoms with Gasteiger partial charge in [-0.25, -0.2) is 0 Å². The number of likely N-dealkylation sites (tertiary alicyclic amines) is 2. The van der Waals surface area contributed by atoms with Crippen LogP contribution >= 0.6 is 0 Å². The number of likely N-dealkylation sites (N-methyl/N-ethyl adjacent to an activating group) is 1. The van der Waals surface area contributed by atoms with Gasteiger partial charge >= 0.3 is 0 Å². The number of piperidine rings is 2. The number of rotatable bonds is 5. The Hall–Kier alpha value is -1.39. The predicted octanol–water partition coefficient (Wildman–Crippen LogP) is 2.86. The molecule has 1 aliphatic carbocycles. The van der Waals surface area contributed by atoms with Crippen LogP contribution in [0.1, 0.15) is 50.5 Å². The van der Waals surface area contributed by atoms with Gasteiger partial charge in [0.1, 0.15) is 0 Å². The third-order valence-electron chi connectivity index (χ3n) is 6.66. The largest absolute Gasteiger partial charge is 0.355 e. The molecule has 4 rings (SSSR count). The van der Waals surface area contributed by atoms with Gasteiger partial charge in [0.2, 0.25) is 5.91 Å². The zero-order valence-corrected chi connectivity index (χ0v) is 16.1. The Balaban J connectivity index is 1.42. The van der Waals surface area contributed by atoms with Gasteiger partial charge in [-0.15, -0.1) is 0 Å². The molecule has 1 atom stereocenters. The van der Waals surface area contributed by atoms with E-state index in [9.17, 15) is 4.79 Å². The van der Waals surface area contributed by atoms with Crippen LogP contribution in [0.5, 0.6) is 0 Å². The van der Waals surface area contributed by atoms with Crippen molar-refractivity contribution in [3.8, 4) is 0 Å². The molecule has 2 aliphatic heterocycles. The van der Waals surface area contributed by atoms with Gasteiger partial charge in [0.25, 0.3) is 0 Å². The second-order valence-corrected chi connectivity index (χ2v) is 8.70. The third kappa shape index (κ3) is 4.12. The van der Waals surface area contributed by atoms with E-state index < -0.39 is 0 Å². The Bertz CT molecular complexity index is 605. The monoisotopic (exact) mass is 355 g/mol. The summed E-state index contributed by atoms with van der Waals surface area (Å²) in [7, 11) is 0. The molecule has 1 amide bonds. The Kier molecular flexibility index (Phi) is 5.32. The molecule has 3 aliphatic rings. The first kappa shape index (κ1) is 18.0. The second kappa shape index (κ2) is 7.69. The second-order valence-electron chi connectivity index (χ2n) is 8.70. The molecule has 0 bridgehead atoms. The predicted molar refractivity (Wildman–Crippen MR) is 105 cm³/mol. The van der Waals surface area contributed by atoms with Gasteiger partial charge in [-0.3, -0.25) is 14.6 Å². The van der Waals surface area contributed by atoms with Crippen LogP contribution < -0.4 is 5.32 Å². The van der Waals surface area contributed by atoms with Crippen LogP contribution in [0.25, 0.3) is 0 Å². The summed E-state index contributed by atoms with van der Waals surface area (Å²) in [6.45, 7) is 7.93. The van der Waals surface area contributed by atoms with Crippen molar-refractivity contribution in [2.75, 3.05) is 39.3 Å². The lowest BCUT2D eigenvalue weighted by Gasteiger charge is -2.50. The molecule has 1 N–H and O–H groups in total. The molecule has 0 radical (unpaired) electrons. The molecule has 4 nitrogen and oxygen atoms in total. The quantitative estimate of drug-likeness (QED) is 0.882. The summed E-state index contributed by atoms with van der Waals surface area (Å²) >= 11 is 0. The number of nitrogens with one attached hydrogen (secondary N) is 1. The minimum absolute atomic E-state index is 0.175. The minimum Gasteiger partial charge on any atom is -0.355 e. The number of amides is 1. The van der Waals surface area contributed by atoms with E-state index in [-0.39, 0.29) is 5.91 Å². The molecule has 4 heteroatoms. The van der Waals surface area contributed by atoms with Gasteiger partial charge in [0, 0.05) is 25.7 Å². The van der Waals surface area contributed by atoms with E-state index in [0.29, 0.717) is 17.9 Å². The van der Waals surface area contributed by atoms with E-state index in [4.69, 9.17) is 0 Å². The van der Waals surface area contributed by atoms with Crippen molar-refractivity contribution in [1.82, 2.24) is 15.1 Å². The highest BCUT2D eigenvalue weighted by atomic mass is 16.2. The molecule has 1 saturated carbocycles. The molecule has 1 unspecified atom stereocenters. The SMILES string of the molecule is CCNC(=O)CN1CCC2(CC1)CC(c1ccccc1)CN(C1CC1)C2. The van der Waals surface area contributed by atoms with Crippen molar-refractivity contribution >= 4 is 5.91 Å². The number of hydrogen-bond donors (Lipinski definition) is 1. The molecule has 1 aromatic carbocycles. The van der Waals surface area contributed by atoms with Crippen molar-refractivity contribution in [2.24, 2.45) is 5.41 Å². The van der Waals surface area contributed by atoms with E-state index in [1.165, 1.54) is 50.8 Å². The lowest BCUT2D eigenvalue weighted by atomic mass is 9.68. The molecule has 1 spiro atoms. The van der Waals surface area contributed by atoms with Gasteiger partial charge < -0.3 is 5.32 Å². The molecule has 26 heavy (non-hydrogen) atoms. The number of carbonyl (C=O) groups excluding carboxylic acids is 1. The fraction of sp³-hybridized carbons (Fsp3) is 0.682. The Morgan fingerprint density at radius 2 is 1.92 bits per heavy atom. The zero-order valence-electron chi connectivity index (χ0n) is 16.1. The van der Waals surface area contributed by atoms with Crippen molar-refractivity contribution in [3.05, 3.63) is 35.9 Å². The Morgan fingerprint density at radius 3 is 2.58 bits per heavy atom. The van der Waals surface area contributed by atoms with Crippen LogP contribution in [0.15, 0.2) is 30.3 Å². The Labute approximate surface area is 157 Å². The van der Waals surface area contributed by atoms with Crippen LogP contribution in [0.2, 0.25) is 0 Å². The van der Waals surface area contributed by atoms with Crippen molar-refractivity contribution in [3.63, 3.8) is 0 Å². The Morgan fingerprint density at radius 1 is 1.19 bits per heavy atom. The van der Waals surface area contributed by atoms with E-state index >= 15 is 0 Å². The van der Waals surface area contributed by atoms with Crippen molar-refractivity contribution in [1.29, 1.82) is 0 Å². The molecule has 3 fully saturated rings. The summed E-state index contributed by atoms with van der Waals surface area (Å²) in [6.07, 6.45) is 6.56. The smallest absolute Gasteiger partial charge is 0.234 e. The van der Waals surface area contributed by atoms with Crippen molar-refractivity contribution in [2.45, 2.75) is 51.0 Å². The van der Waals surface area contributed by atoms with Crippen LogP contribution in [-0.4, -0.2) is 61.0 Å². The maximum Gasteiger partial charge on any atom is 0.234 e. The summed E-state index contributed by atoms with van der Waals surface area (Å²) < 4.78 is 0. The van der Waals surface area contributed by atoms with Crippen LogP contribution in [0, 0.1) is 5.41 Å². The van der Waals surface area contributed by atoms with Gasteiger partial charge in [-0.05, 0) is 69.0 Å². The molecule has 2 saturated heterocycles. The van der Waals surface area contributed by atoms with E-state index in [0.717, 1.165) is 25.7 Å². The van der Waals surface area contributed by atoms with Crippen molar-refractivity contribution < 1.29 is 4.79 Å². The normalized spacial score (nSPS) is 26.7. The molecular weight excluding hydrogens is 322 g/mol. The number of nitrogens with zero attached hydrogens (tertiary/aromatic N) is 2. The molecule has 142 valence electrons. The first-order chi connectivity index (χ1) is 12.7. The maximum atomic E-state index is 11.9. The average molecular weight is 356 g/mol. The van der Waals surface area contributed by atoms with Gasteiger partial charge in [-0.2, -0.15) is 0 Å². The summed E-state index contributed by atoms with van der Waals surface area (Å²) in [4.78, 5) is 17.0. The topological polar surface area (TPSA) is 35.6 Å². The van der Waals surface area contributed by atoms with Crippen LogP contribution in [-0.2, 0) is 4.79 Å². The minimum atomic E-state index is 0.175. The van der Waals surface area contributed by atoms with Crippen LogP contribution in [0.4, 0.5) is 0 Å². The number of benzene rings is 1. The summed E-state index contributed by atoms with van der Waals surface area (Å²) in [5.41, 5.74) is 1.96. The fourth-order valence-electron chi connectivity index (χ4n) is 5.10. The van der Waals surface area contributed by atoms with E-state index in [2.05, 4.69) is 45.4 Å². The maximum absolute atomic E-state index is 11.9. The fourth-order valence-corrected chi connectivity index (χ4v) is 5.10. The highest BCUT2D eigenvalue weighted by Gasteiger charge is 2.45. The third-order valence-corrected chi connectivity index (χ3v) is 6.66. The molecule has 2 heterocycles. The lowest BCUT2D eigenvalue weighted by Crippen LogP contribution is -2.53. The molecular formula is C22H33N3O. The van der Waals surface area contributed by atoms with Gasteiger partial charge in [0.15, 0.2) is 0 Å². The average Bonchev–Trinajstić information content (AvgIpc) is 3.50. The number of carbonyl (C=O) groups is 1. The molecule has 1 aromatic rings. The van der Waals surface area contributed by atoms with E-state index in [1.807, 2.05) is 6.92 Å². The summed E-state index contributed by atoms with van der Waals surface area (Å²) in [5.74, 6) is 0.842. The molecule has 0 aromatic heterocycles. The number of hydrogen-bond acceptors (Lipinski definition) is 3. The highest BCUT2D eigenvalue weighted by molar-refractivity contribution is 5.77. The first-order valence-electron chi connectivity index (χ1n) is 10.5. The summed E-state index contributed by atoms with van der Waals surface area (Å²) in [5, 5.41) is 2.93. The van der Waals surface area contributed by atoms with Crippen LogP contribution in [0.3, 0.4) is 0 Å². The highest BCUT2D eigenvalue weighted by Crippen LogP contribution is 2.47. The standard InChI is InChI=1S/C22H33N3O/c1-2-23-21(26)16-24-12-10-22(11-13-24)14-19(18-6-4-3-5-7-18)15-25(17-22)20-8-9-20/h3-7,19-20H,2,8-17H2,1H3,(H,23,26). The van der Waals surface area contributed by atoms with Gasteiger partial charge in [-0.1, -0.05) is 30.3 Å². The summed E-state index contributed by atoms with van der Waals surface area (Å²) in [6, 6.07) is 12.0. The van der Waals surface area contributed by atoms with E-state index in [1.54, 1.807) is 0 Å². The lowest BCUT2D eigenvalue weighted by molar-refractivity contribution is -0.123. The zero-order chi connectivity index (χ0) is 18.0.